The van der Waals surface area contributed by atoms with Crippen molar-refractivity contribution in [2.45, 2.75) is 24.9 Å². The van der Waals surface area contributed by atoms with Gasteiger partial charge >= 0.3 is 0 Å². The number of phenols is 2. The molecule has 15 nitrogen and oxygen atoms in total. The number of methoxy groups -OCH3 is 2. The molecule has 1 aromatic heterocycles. The number of carbonyl (C=O) groups is 4. The molecule has 0 saturated carbocycles. The third kappa shape index (κ3) is 9.04. The van der Waals surface area contributed by atoms with E-state index >= 15 is 0 Å². The van der Waals surface area contributed by atoms with Crippen molar-refractivity contribution in [2.24, 2.45) is 10.2 Å². The van der Waals surface area contributed by atoms with E-state index in [1.807, 2.05) is 60.7 Å². The first kappa shape index (κ1) is 42.1. The van der Waals surface area contributed by atoms with Crippen molar-refractivity contribution in [3.05, 3.63) is 161 Å². The number of fused-ring (bicyclic) bond motifs is 11. The van der Waals surface area contributed by atoms with Crippen LogP contribution in [0.25, 0.3) is 32.7 Å². The number of hydrogen-bond acceptors (Lipinski definition) is 11. The largest absolute Gasteiger partial charge is 0.508 e. The van der Waals surface area contributed by atoms with Crippen LogP contribution in [0.4, 0.5) is 0 Å². The van der Waals surface area contributed by atoms with Crippen LogP contribution >= 0.6 is 0 Å². The van der Waals surface area contributed by atoms with Gasteiger partial charge in [0.1, 0.15) is 46.5 Å². The van der Waals surface area contributed by atoms with Crippen LogP contribution in [0.2, 0.25) is 0 Å². The number of phenolic OH excluding ortho intramolecular Hbond substituents is 2. The van der Waals surface area contributed by atoms with Gasteiger partial charge in [0.15, 0.2) is 0 Å². The molecule has 6 N–H and O–H groups in total. The quantitative estimate of drug-likeness (QED) is 0.120. The Hall–Kier alpha value is -8.59. The molecule has 6 bridgehead atoms. The Kier molecular flexibility index (Phi) is 12.2. The summed E-state index contributed by atoms with van der Waals surface area (Å²) in [7, 11) is 3.07. The fourth-order valence-corrected chi connectivity index (χ4v) is 7.62. The Morgan fingerprint density at radius 3 is 1.34 bits per heavy atom. The molecule has 1 aliphatic rings. The Morgan fingerprint density at radius 1 is 0.531 bits per heavy atom. The molecule has 0 fully saturated rings. The zero-order chi connectivity index (χ0) is 44.7. The molecule has 2 heterocycles. The SMILES string of the molecule is COc1c2cc3ccccc3c1-c1c(OC)c(cc3ccccc13)/C=N/NC(=O)[C@H](Cc1ccc(O)cc1)NC(=O)c1cccc(n1)C(=O)NC(Cc1ccc(O)cc1)C(=O)N/N=C\2. The average Bonchev–Trinajstić information content (AvgIpc) is 3.31. The molecule has 4 amide bonds. The van der Waals surface area contributed by atoms with E-state index in [0.717, 1.165) is 21.5 Å². The summed E-state index contributed by atoms with van der Waals surface area (Å²) < 4.78 is 12.3. The highest BCUT2D eigenvalue weighted by Crippen LogP contribution is 2.47. The summed E-state index contributed by atoms with van der Waals surface area (Å²) >= 11 is 0. The van der Waals surface area contributed by atoms with Crippen molar-refractivity contribution in [3.8, 4) is 34.1 Å². The molecule has 0 aliphatic carbocycles. The van der Waals surface area contributed by atoms with E-state index in [1.165, 1.54) is 69.1 Å². The lowest BCUT2D eigenvalue weighted by atomic mass is 9.89. The first-order valence-electron chi connectivity index (χ1n) is 20.1. The molecule has 0 radical (unpaired) electrons. The van der Waals surface area contributed by atoms with Gasteiger partial charge in [-0.05, 0) is 81.2 Å². The van der Waals surface area contributed by atoms with Crippen LogP contribution in [0.15, 0.2) is 138 Å². The second kappa shape index (κ2) is 18.6. The third-order valence-electron chi connectivity index (χ3n) is 10.7. The first-order valence-corrected chi connectivity index (χ1v) is 20.1. The average molecular weight is 856 g/mol. The molecule has 6 aromatic carbocycles. The molecule has 0 spiro atoms. The van der Waals surface area contributed by atoms with Gasteiger partial charge in [-0.3, -0.25) is 19.2 Å². The molecule has 7 aromatic rings. The molecular formula is C49H41N7O8. The number of nitrogens with one attached hydrogen (secondary N) is 4. The van der Waals surface area contributed by atoms with Crippen molar-refractivity contribution in [1.29, 1.82) is 0 Å². The standard InChI is InChI=1S/C49H41N7O8/c1-63-44-32-24-30-8-3-5-10-36(30)42(44)43-37-11-6-4-9-31(37)25-33(45(43)64-2)27-51-56-49(62)41(23-29-16-20-35(58)21-17-29)54-47(60)39-13-7-12-38(52-39)46(59)53-40(48(61)55-50-26-32)22-28-14-18-34(57)19-15-28/h3-21,24-27,40-41,57-58H,22-23H2,1-2H3,(H,53,59)(H,54,60)(H,55,61)(H,56,62)/b50-26-,51-27+/t40?,41-/m0/s1. The van der Waals surface area contributed by atoms with Crippen molar-refractivity contribution in [3.63, 3.8) is 0 Å². The zero-order valence-corrected chi connectivity index (χ0v) is 34.5. The van der Waals surface area contributed by atoms with Gasteiger partial charge in [0.2, 0.25) is 0 Å². The first-order chi connectivity index (χ1) is 31.1. The zero-order valence-electron chi connectivity index (χ0n) is 34.5. The monoisotopic (exact) mass is 855 g/mol. The number of hydrogen-bond donors (Lipinski definition) is 6. The van der Waals surface area contributed by atoms with Gasteiger partial charge in [0, 0.05) is 35.1 Å². The van der Waals surface area contributed by atoms with E-state index in [-0.39, 0.29) is 35.7 Å². The van der Waals surface area contributed by atoms with Crippen molar-refractivity contribution < 1.29 is 38.9 Å². The summed E-state index contributed by atoms with van der Waals surface area (Å²) in [6.45, 7) is 0. The van der Waals surface area contributed by atoms with Gasteiger partial charge in [-0.15, -0.1) is 0 Å². The van der Waals surface area contributed by atoms with Gasteiger partial charge in [-0.1, -0.05) is 78.9 Å². The number of carbonyl (C=O) groups excluding carboxylic acids is 4. The lowest BCUT2D eigenvalue weighted by Crippen LogP contribution is -2.47. The van der Waals surface area contributed by atoms with E-state index < -0.39 is 35.7 Å². The number of pyridine rings is 1. The van der Waals surface area contributed by atoms with E-state index in [4.69, 9.17) is 9.47 Å². The Balaban J connectivity index is 1.29. The van der Waals surface area contributed by atoms with Crippen LogP contribution in [0.1, 0.15) is 43.2 Å². The summed E-state index contributed by atoms with van der Waals surface area (Å²) in [5.74, 6) is -2.02. The number of hydrazone groups is 2. The molecule has 8 rings (SSSR count). The van der Waals surface area contributed by atoms with Crippen molar-refractivity contribution in [2.75, 3.05) is 14.2 Å². The Morgan fingerprint density at radius 2 is 0.938 bits per heavy atom. The second-order valence-corrected chi connectivity index (χ2v) is 14.9. The number of aromatic hydroxyl groups is 2. The van der Waals surface area contributed by atoms with Gasteiger partial charge in [0.25, 0.3) is 23.6 Å². The molecule has 64 heavy (non-hydrogen) atoms. The summed E-state index contributed by atoms with van der Waals surface area (Å²) in [5.41, 5.74) is 8.34. The number of rotatable bonds is 6. The van der Waals surface area contributed by atoms with E-state index in [2.05, 4.69) is 36.7 Å². The molecule has 15 heteroatoms. The Labute approximate surface area is 366 Å². The van der Waals surface area contributed by atoms with Gasteiger partial charge in [-0.25, -0.2) is 15.8 Å². The predicted octanol–water partition coefficient (Wildman–Crippen LogP) is 5.78. The number of amides is 4. The maximum Gasteiger partial charge on any atom is 0.270 e. The summed E-state index contributed by atoms with van der Waals surface area (Å²) in [4.78, 5) is 59.9. The Bertz CT molecular complexity index is 2790. The maximum absolute atomic E-state index is 14.0. The van der Waals surface area contributed by atoms with Gasteiger partial charge in [-0.2, -0.15) is 10.2 Å². The topological polar surface area (TPSA) is 213 Å². The van der Waals surface area contributed by atoms with Crippen molar-refractivity contribution >= 4 is 57.6 Å². The van der Waals surface area contributed by atoms with E-state index in [1.54, 1.807) is 24.3 Å². The molecule has 2 atom stereocenters. The van der Waals surface area contributed by atoms with Crippen molar-refractivity contribution in [1.82, 2.24) is 26.5 Å². The fourth-order valence-electron chi connectivity index (χ4n) is 7.62. The van der Waals surface area contributed by atoms with Crippen LogP contribution in [0, 0.1) is 0 Å². The van der Waals surface area contributed by atoms with Crippen LogP contribution in [0.5, 0.6) is 23.0 Å². The molecule has 320 valence electrons. The summed E-state index contributed by atoms with van der Waals surface area (Å²) in [6, 6.07) is 33.3. The van der Waals surface area contributed by atoms with Gasteiger partial charge < -0.3 is 30.3 Å². The second-order valence-electron chi connectivity index (χ2n) is 14.9. The predicted molar refractivity (Wildman–Crippen MR) is 242 cm³/mol. The van der Waals surface area contributed by atoms with Crippen LogP contribution < -0.4 is 31.0 Å². The highest BCUT2D eigenvalue weighted by molar-refractivity contribution is 6.14. The summed E-state index contributed by atoms with van der Waals surface area (Å²) in [6.07, 6.45) is 2.90. The highest BCUT2D eigenvalue weighted by atomic mass is 16.5. The lowest BCUT2D eigenvalue weighted by Gasteiger charge is -2.21. The molecule has 0 saturated heterocycles. The number of ether oxygens (including phenoxy) is 2. The summed E-state index contributed by atoms with van der Waals surface area (Å²) in [5, 5.41) is 37.2. The van der Waals surface area contributed by atoms with Crippen LogP contribution in [-0.4, -0.2) is 77.6 Å². The number of nitrogens with zero attached hydrogens (tertiary/aromatic N) is 3. The lowest BCUT2D eigenvalue weighted by molar-refractivity contribution is -0.123. The van der Waals surface area contributed by atoms with E-state index in [9.17, 15) is 29.4 Å². The van der Waals surface area contributed by atoms with Crippen LogP contribution in [0.3, 0.4) is 0 Å². The molecule has 1 aliphatic heterocycles. The normalized spacial score (nSPS) is 16.8. The van der Waals surface area contributed by atoms with Gasteiger partial charge in [0.05, 0.1) is 26.6 Å². The van der Waals surface area contributed by atoms with E-state index in [0.29, 0.717) is 44.9 Å². The highest BCUT2D eigenvalue weighted by Gasteiger charge is 2.27. The number of aromatic nitrogens is 1. The maximum atomic E-state index is 14.0. The third-order valence-corrected chi connectivity index (χ3v) is 10.7. The molecule has 1 unspecified atom stereocenters. The smallest absolute Gasteiger partial charge is 0.270 e. The minimum absolute atomic E-state index is 0.00364. The molecular weight excluding hydrogens is 815 g/mol. The number of benzene rings is 6. The fraction of sp³-hybridized carbons (Fsp3) is 0.122. The minimum atomic E-state index is -1.21. The van der Waals surface area contributed by atoms with Crippen LogP contribution in [-0.2, 0) is 22.4 Å². The minimum Gasteiger partial charge on any atom is -0.508 e.